The van der Waals surface area contributed by atoms with Gasteiger partial charge in [0, 0.05) is 23.9 Å². The molecule has 0 bridgehead atoms. The molecule has 0 aliphatic heterocycles. The van der Waals surface area contributed by atoms with Crippen LogP contribution in [0.25, 0.3) is 0 Å². The number of halogens is 1. The number of hydrogen-bond acceptors (Lipinski definition) is 5. The van der Waals surface area contributed by atoms with Gasteiger partial charge in [-0.25, -0.2) is 4.79 Å². The van der Waals surface area contributed by atoms with Crippen LogP contribution in [-0.4, -0.2) is 39.8 Å². The van der Waals surface area contributed by atoms with Gasteiger partial charge in [0.15, 0.2) is 0 Å². The SMILES string of the molecule is COc1cc(OC)c(C#CC(=O)OCCCCCCCCCCCl)c(OC)c1. The van der Waals surface area contributed by atoms with Gasteiger partial charge in [-0.15, -0.1) is 11.6 Å². The molecule has 0 aromatic heterocycles. The topological polar surface area (TPSA) is 54.0 Å². The maximum atomic E-state index is 11.9. The zero-order valence-electron chi connectivity index (χ0n) is 17.1. The fraction of sp³-hybridized carbons (Fsp3) is 0.591. The highest BCUT2D eigenvalue weighted by molar-refractivity contribution is 6.17. The molecule has 0 saturated heterocycles. The van der Waals surface area contributed by atoms with Gasteiger partial charge in [-0.2, -0.15) is 0 Å². The highest BCUT2D eigenvalue weighted by Crippen LogP contribution is 2.33. The van der Waals surface area contributed by atoms with Crippen LogP contribution in [-0.2, 0) is 9.53 Å². The van der Waals surface area contributed by atoms with E-state index in [1.54, 1.807) is 19.2 Å². The van der Waals surface area contributed by atoms with E-state index in [4.69, 9.17) is 30.5 Å². The minimum absolute atomic E-state index is 0.386. The molecule has 0 atom stereocenters. The van der Waals surface area contributed by atoms with Gasteiger partial charge in [0.05, 0.1) is 27.9 Å². The number of benzene rings is 1. The standard InChI is InChI=1S/C22H31ClO5/c1-25-18-16-20(26-2)19(21(17-18)27-3)12-13-22(24)28-15-11-9-7-5-4-6-8-10-14-23/h16-17H,4-11,14-15H2,1-3H3. The molecule has 0 radical (unpaired) electrons. The molecule has 0 spiro atoms. The lowest BCUT2D eigenvalue weighted by molar-refractivity contribution is -0.136. The first kappa shape index (κ1) is 24.0. The monoisotopic (exact) mass is 410 g/mol. The van der Waals surface area contributed by atoms with Gasteiger partial charge in [-0.1, -0.05) is 38.5 Å². The Bertz CT molecular complexity index is 623. The minimum atomic E-state index is -0.555. The Morgan fingerprint density at radius 3 is 1.89 bits per heavy atom. The molecule has 5 nitrogen and oxygen atoms in total. The molecular formula is C22H31ClO5. The van der Waals surface area contributed by atoms with Gasteiger partial charge >= 0.3 is 5.97 Å². The summed E-state index contributed by atoms with van der Waals surface area (Å²) in [7, 11) is 4.60. The van der Waals surface area contributed by atoms with Gasteiger partial charge in [-0.3, -0.25) is 0 Å². The summed E-state index contributed by atoms with van der Waals surface area (Å²) in [4.78, 5) is 11.9. The summed E-state index contributed by atoms with van der Waals surface area (Å²) < 4.78 is 21.0. The second-order valence-electron chi connectivity index (χ2n) is 6.31. The molecule has 1 aromatic carbocycles. The molecule has 0 saturated carbocycles. The van der Waals surface area contributed by atoms with E-state index < -0.39 is 5.97 Å². The molecular weight excluding hydrogens is 380 g/mol. The number of carbonyl (C=O) groups excluding carboxylic acids is 1. The highest BCUT2D eigenvalue weighted by atomic mass is 35.5. The van der Waals surface area contributed by atoms with Crippen LogP contribution in [0.5, 0.6) is 17.2 Å². The van der Waals surface area contributed by atoms with Crippen molar-refractivity contribution in [1.82, 2.24) is 0 Å². The van der Waals surface area contributed by atoms with Crippen LogP contribution in [0.1, 0.15) is 56.9 Å². The van der Waals surface area contributed by atoms with E-state index in [-0.39, 0.29) is 0 Å². The van der Waals surface area contributed by atoms with Crippen molar-refractivity contribution in [3.63, 3.8) is 0 Å². The molecule has 0 aliphatic carbocycles. The molecule has 0 N–H and O–H groups in total. The third-order valence-corrected chi connectivity index (χ3v) is 4.53. The van der Waals surface area contributed by atoms with E-state index in [2.05, 4.69) is 11.8 Å². The van der Waals surface area contributed by atoms with Crippen molar-refractivity contribution in [2.45, 2.75) is 51.4 Å². The number of hydrogen-bond donors (Lipinski definition) is 0. The van der Waals surface area contributed by atoms with E-state index >= 15 is 0 Å². The smallest absolute Gasteiger partial charge is 0.384 e. The lowest BCUT2D eigenvalue weighted by atomic mass is 10.1. The number of ether oxygens (including phenoxy) is 4. The van der Waals surface area contributed by atoms with Crippen LogP contribution in [0.3, 0.4) is 0 Å². The molecule has 156 valence electrons. The zero-order valence-corrected chi connectivity index (χ0v) is 17.9. The quantitative estimate of drug-likeness (QED) is 0.199. The summed E-state index contributed by atoms with van der Waals surface area (Å²) in [5, 5.41) is 0. The molecule has 1 aromatic rings. The van der Waals surface area contributed by atoms with Crippen molar-refractivity contribution in [2.24, 2.45) is 0 Å². The van der Waals surface area contributed by atoms with E-state index in [9.17, 15) is 4.79 Å². The summed E-state index contributed by atoms with van der Waals surface area (Å²) in [6.45, 7) is 0.386. The molecule has 28 heavy (non-hydrogen) atoms. The number of alkyl halides is 1. The Morgan fingerprint density at radius 1 is 0.857 bits per heavy atom. The average molecular weight is 411 g/mol. The van der Waals surface area contributed by atoms with Crippen molar-refractivity contribution >= 4 is 17.6 Å². The first-order chi connectivity index (χ1) is 13.7. The molecule has 0 aliphatic rings. The van der Waals surface area contributed by atoms with Crippen LogP contribution < -0.4 is 14.2 Å². The Balaban J connectivity index is 2.38. The fourth-order valence-corrected chi connectivity index (χ4v) is 2.89. The summed E-state index contributed by atoms with van der Waals surface area (Å²) in [6.07, 6.45) is 9.08. The Kier molecular flexibility index (Phi) is 12.8. The first-order valence-corrected chi connectivity index (χ1v) is 10.2. The molecule has 0 heterocycles. The van der Waals surface area contributed by atoms with Gasteiger partial charge in [0.2, 0.25) is 0 Å². The van der Waals surface area contributed by atoms with Crippen molar-refractivity contribution in [2.75, 3.05) is 33.8 Å². The summed E-state index contributed by atoms with van der Waals surface area (Å²) in [5.41, 5.74) is 0.483. The Hall–Kier alpha value is -2.06. The molecule has 1 rings (SSSR count). The Morgan fingerprint density at radius 2 is 1.39 bits per heavy atom. The van der Waals surface area contributed by atoms with Gasteiger partial charge in [0.25, 0.3) is 0 Å². The lowest BCUT2D eigenvalue weighted by Gasteiger charge is -2.11. The Labute approximate surface area is 173 Å². The number of esters is 1. The average Bonchev–Trinajstić information content (AvgIpc) is 2.72. The second kappa shape index (κ2) is 14.9. The second-order valence-corrected chi connectivity index (χ2v) is 6.69. The highest BCUT2D eigenvalue weighted by Gasteiger charge is 2.11. The van der Waals surface area contributed by atoms with Crippen LogP contribution in [0.15, 0.2) is 12.1 Å². The predicted octanol–water partition coefficient (Wildman–Crippen LogP) is 4.97. The van der Waals surface area contributed by atoms with Crippen molar-refractivity contribution in [3.8, 4) is 29.1 Å². The van der Waals surface area contributed by atoms with Gasteiger partial charge in [0.1, 0.15) is 22.8 Å². The van der Waals surface area contributed by atoms with Crippen LogP contribution in [0.2, 0.25) is 0 Å². The van der Waals surface area contributed by atoms with Crippen molar-refractivity contribution < 1.29 is 23.7 Å². The van der Waals surface area contributed by atoms with E-state index in [1.807, 2.05) is 0 Å². The van der Waals surface area contributed by atoms with Crippen molar-refractivity contribution in [1.29, 1.82) is 0 Å². The van der Waals surface area contributed by atoms with E-state index in [0.29, 0.717) is 29.4 Å². The number of carbonyl (C=O) groups is 1. The van der Waals surface area contributed by atoms with Crippen LogP contribution in [0.4, 0.5) is 0 Å². The number of unbranched alkanes of at least 4 members (excludes halogenated alkanes) is 7. The van der Waals surface area contributed by atoms with E-state index in [1.165, 1.54) is 39.9 Å². The summed E-state index contributed by atoms with van der Waals surface area (Å²) in [6, 6.07) is 3.38. The van der Waals surface area contributed by atoms with Crippen molar-refractivity contribution in [3.05, 3.63) is 17.7 Å². The summed E-state index contributed by atoms with van der Waals surface area (Å²) in [5.74, 6) is 7.01. The zero-order chi connectivity index (χ0) is 20.6. The molecule has 6 heteroatoms. The minimum Gasteiger partial charge on any atom is -0.496 e. The maximum Gasteiger partial charge on any atom is 0.384 e. The number of methoxy groups -OCH3 is 3. The predicted molar refractivity (Wildman–Crippen MR) is 112 cm³/mol. The molecule has 0 unspecified atom stereocenters. The number of rotatable bonds is 13. The first-order valence-electron chi connectivity index (χ1n) is 9.71. The maximum absolute atomic E-state index is 11.9. The van der Waals surface area contributed by atoms with Crippen LogP contribution in [0, 0.1) is 11.8 Å². The van der Waals surface area contributed by atoms with Crippen LogP contribution >= 0.6 is 11.6 Å². The molecule has 0 amide bonds. The van der Waals surface area contributed by atoms with Gasteiger partial charge < -0.3 is 18.9 Å². The lowest BCUT2D eigenvalue weighted by Crippen LogP contribution is -2.03. The largest absolute Gasteiger partial charge is 0.496 e. The van der Waals surface area contributed by atoms with Gasteiger partial charge in [-0.05, 0) is 18.8 Å². The summed E-state index contributed by atoms with van der Waals surface area (Å²) >= 11 is 5.66. The normalized spacial score (nSPS) is 10.0. The molecule has 0 fully saturated rings. The fourth-order valence-electron chi connectivity index (χ4n) is 2.70. The third-order valence-electron chi connectivity index (χ3n) is 4.27. The third kappa shape index (κ3) is 9.23. The van der Waals surface area contributed by atoms with E-state index in [0.717, 1.165) is 31.6 Å².